The Bertz CT molecular complexity index is 567. The summed E-state index contributed by atoms with van der Waals surface area (Å²) in [6.07, 6.45) is 0.409. The van der Waals surface area contributed by atoms with Gasteiger partial charge < -0.3 is 9.84 Å². The van der Waals surface area contributed by atoms with E-state index in [1.54, 1.807) is 24.3 Å². The Morgan fingerprint density at radius 3 is 2.56 bits per heavy atom. The monoisotopic (exact) mass is 246 g/mol. The van der Waals surface area contributed by atoms with Crippen LogP contribution in [-0.4, -0.2) is 11.4 Å². The number of hydrogen-bond acceptors (Lipinski definition) is 3. The molecule has 0 atom stereocenters. The first-order valence-corrected chi connectivity index (χ1v) is 5.36. The lowest BCUT2D eigenvalue weighted by Gasteiger charge is -2.11. The number of para-hydroxylation sites is 1. The van der Waals surface area contributed by atoms with Gasteiger partial charge in [-0.05, 0) is 18.2 Å². The molecule has 4 heteroatoms. The molecule has 0 unspecified atom stereocenters. The maximum absolute atomic E-state index is 13.4. The van der Waals surface area contributed by atoms with Crippen LogP contribution >= 0.6 is 0 Å². The molecule has 0 saturated heterocycles. The van der Waals surface area contributed by atoms with E-state index in [0.29, 0.717) is 17.6 Å². The Morgan fingerprint density at radius 1 is 1.11 bits per heavy atom. The number of aliphatic hydroxyl groups excluding tert-OH is 1. The zero-order chi connectivity index (χ0) is 13.0. The summed E-state index contributed by atoms with van der Waals surface area (Å²) in [5, 5.41) is 9.15. The molecule has 2 aromatic carbocycles. The van der Waals surface area contributed by atoms with Crippen LogP contribution in [0.15, 0.2) is 42.5 Å². The highest BCUT2D eigenvalue weighted by molar-refractivity contribution is 5.79. The minimum Gasteiger partial charge on any atom is -0.456 e. The SMILES string of the molecule is O=Cc1c(F)cccc1Oc1ccccc1CO. The van der Waals surface area contributed by atoms with Crippen LogP contribution < -0.4 is 4.74 Å². The van der Waals surface area contributed by atoms with Crippen molar-refractivity contribution in [1.82, 2.24) is 0 Å². The lowest BCUT2D eigenvalue weighted by Crippen LogP contribution is -1.96. The second-order valence-corrected chi connectivity index (χ2v) is 3.64. The average molecular weight is 246 g/mol. The van der Waals surface area contributed by atoms with Gasteiger partial charge in [0.2, 0.25) is 0 Å². The van der Waals surface area contributed by atoms with Crippen molar-refractivity contribution < 1.29 is 19.0 Å². The minimum atomic E-state index is -0.635. The van der Waals surface area contributed by atoms with E-state index in [1.165, 1.54) is 18.2 Å². The summed E-state index contributed by atoms with van der Waals surface area (Å²) in [5.74, 6) is -0.108. The Hall–Kier alpha value is -2.20. The van der Waals surface area contributed by atoms with Crippen molar-refractivity contribution in [1.29, 1.82) is 0 Å². The lowest BCUT2D eigenvalue weighted by molar-refractivity contribution is 0.111. The van der Waals surface area contributed by atoms with E-state index in [0.717, 1.165) is 0 Å². The maximum Gasteiger partial charge on any atom is 0.156 e. The number of aldehydes is 1. The number of benzene rings is 2. The summed E-state index contributed by atoms with van der Waals surface area (Å²) in [7, 11) is 0. The van der Waals surface area contributed by atoms with Crippen molar-refractivity contribution in [3.8, 4) is 11.5 Å². The fourth-order valence-corrected chi connectivity index (χ4v) is 1.57. The van der Waals surface area contributed by atoms with E-state index >= 15 is 0 Å². The van der Waals surface area contributed by atoms with Gasteiger partial charge in [-0.1, -0.05) is 24.3 Å². The third kappa shape index (κ3) is 2.38. The van der Waals surface area contributed by atoms with Gasteiger partial charge in [0, 0.05) is 5.56 Å². The van der Waals surface area contributed by atoms with Gasteiger partial charge in [0.25, 0.3) is 0 Å². The smallest absolute Gasteiger partial charge is 0.156 e. The van der Waals surface area contributed by atoms with Crippen LogP contribution in [0.5, 0.6) is 11.5 Å². The van der Waals surface area contributed by atoms with E-state index in [-0.39, 0.29) is 17.9 Å². The van der Waals surface area contributed by atoms with Gasteiger partial charge >= 0.3 is 0 Å². The quantitative estimate of drug-likeness (QED) is 0.844. The van der Waals surface area contributed by atoms with Gasteiger partial charge in [0.1, 0.15) is 17.3 Å². The van der Waals surface area contributed by atoms with Gasteiger partial charge in [0.15, 0.2) is 6.29 Å². The molecule has 2 rings (SSSR count). The molecule has 0 aromatic heterocycles. The molecule has 2 aromatic rings. The number of carbonyl (C=O) groups excluding carboxylic acids is 1. The Balaban J connectivity index is 2.40. The summed E-state index contributed by atoms with van der Waals surface area (Å²) in [6.45, 7) is -0.193. The molecular weight excluding hydrogens is 235 g/mol. The maximum atomic E-state index is 13.4. The number of ether oxygens (including phenoxy) is 1. The number of aliphatic hydroxyl groups is 1. The highest BCUT2D eigenvalue weighted by Gasteiger charge is 2.11. The molecule has 18 heavy (non-hydrogen) atoms. The molecule has 3 nitrogen and oxygen atoms in total. The van der Waals surface area contributed by atoms with Gasteiger partial charge in [-0.15, -0.1) is 0 Å². The standard InChI is InChI=1S/C14H11FO3/c15-12-5-3-7-14(11(12)9-17)18-13-6-2-1-4-10(13)8-16/h1-7,9,16H,8H2. The number of rotatable bonds is 4. The number of halogens is 1. The van der Waals surface area contributed by atoms with Crippen LogP contribution in [0.1, 0.15) is 15.9 Å². The van der Waals surface area contributed by atoms with Crippen LogP contribution in [0.4, 0.5) is 4.39 Å². The highest BCUT2D eigenvalue weighted by atomic mass is 19.1. The van der Waals surface area contributed by atoms with E-state index < -0.39 is 5.82 Å². The topological polar surface area (TPSA) is 46.5 Å². The van der Waals surface area contributed by atoms with Crippen LogP contribution in [0, 0.1) is 5.82 Å². The van der Waals surface area contributed by atoms with Gasteiger partial charge in [-0.2, -0.15) is 0 Å². The Labute approximate surface area is 103 Å². The van der Waals surface area contributed by atoms with Gasteiger partial charge in [0.05, 0.1) is 12.2 Å². The van der Waals surface area contributed by atoms with Crippen molar-refractivity contribution in [2.24, 2.45) is 0 Å². The number of hydrogen-bond donors (Lipinski definition) is 1. The van der Waals surface area contributed by atoms with E-state index in [1.807, 2.05) is 0 Å². The molecule has 0 radical (unpaired) electrons. The Kier molecular flexibility index (Phi) is 3.69. The molecule has 0 aliphatic rings. The van der Waals surface area contributed by atoms with Crippen molar-refractivity contribution in [2.75, 3.05) is 0 Å². The van der Waals surface area contributed by atoms with Crippen LogP contribution in [0.3, 0.4) is 0 Å². The predicted molar refractivity (Wildman–Crippen MR) is 64.2 cm³/mol. The van der Waals surface area contributed by atoms with Gasteiger partial charge in [-0.3, -0.25) is 4.79 Å². The molecule has 92 valence electrons. The lowest BCUT2D eigenvalue weighted by atomic mass is 10.2. The molecular formula is C14H11FO3. The second-order valence-electron chi connectivity index (χ2n) is 3.64. The van der Waals surface area contributed by atoms with E-state index in [2.05, 4.69) is 0 Å². The normalized spacial score (nSPS) is 10.1. The highest BCUT2D eigenvalue weighted by Crippen LogP contribution is 2.28. The third-order valence-electron chi connectivity index (χ3n) is 2.49. The third-order valence-corrected chi connectivity index (χ3v) is 2.49. The summed E-state index contributed by atoms with van der Waals surface area (Å²) in [5.41, 5.74) is 0.434. The first kappa shape index (κ1) is 12.3. The van der Waals surface area contributed by atoms with Crippen LogP contribution in [0.25, 0.3) is 0 Å². The van der Waals surface area contributed by atoms with E-state index in [4.69, 9.17) is 9.84 Å². The molecule has 0 aliphatic carbocycles. The number of carbonyl (C=O) groups is 1. The summed E-state index contributed by atoms with van der Waals surface area (Å²) in [4.78, 5) is 10.8. The molecule has 0 spiro atoms. The molecule has 0 bridgehead atoms. The van der Waals surface area contributed by atoms with Crippen LogP contribution in [-0.2, 0) is 6.61 Å². The minimum absolute atomic E-state index is 0.130. The summed E-state index contributed by atoms with van der Waals surface area (Å²) >= 11 is 0. The van der Waals surface area contributed by atoms with Crippen molar-refractivity contribution in [3.05, 3.63) is 59.4 Å². The van der Waals surface area contributed by atoms with Crippen LogP contribution in [0.2, 0.25) is 0 Å². The van der Waals surface area contributed by atoms with Crippen molar-refractivity contribution in [3.63, 3.8) is 0 Å². The fourth-order valence-electron chi connectivity index (χ4n) is 1.57. The summed E-state index contributed by atoms with van der Waals surface area (Å²) in [6, 6.07) is 11.0. The van der Waals surface area contributed by atoms with Crippen molar-refractivity contribution in [2.45, 2.75) is 6.61 Å². The Morgan fingerprint density at radius 2 is 1.83 bits per heavy atom. The predicted octanol–water partition coefficient (Wildman–Crippen LogP) is 2.92. The first-order chi connectivity index (χ1) is 8.76. The zero-order valence-electron chi connectivity index (χ0n) is 9.47. The molecule has 0 aliphatic heterocycles. The van der Waals surface area contributed by atoms with E-state index in [9.17, 15) is 9.18 Å². The molecule has 0 saturated carbocycles. The largest absolute Gasteiger partial charge is 0.456 e. The van der Waals surface area contributed by atoms with Gasteiger partial charge in [-0.25, -0.2) is 4.39 Å². The summed E-state index contributed by atoms with van der Waals surface area (Å²) < 4.78 is 18.8. The molecule has 0 heterocycles. The molecule has 0 fully saturated rings. The first-order valence-electron chi connectivity index (χ1n) is 5.36. The molecule has 1 N–H and O–H groups in total. The average Bonchev–Trinajstić information content (AvgIpc) is 2.40. The zero-order valence-corrected chi connectivity index (χ0v) is 9.47. The second kappa shape index (κ2) is 5.42. The van der Waals surface area contributed by atoms with Crippen molar-refractivity contribution >= 4 is 6.29 Å². The fraction of sp³-hybridized carbons (Fsp3) is 0.0714. The molecule has 0 amide bonds.